The van der Waals surface area contributed by atoms with Crippen LogP contribution in [0.5, 0.6) is 5.75 Å². The lowest BCUT2D eigenvalue weighted by molar-refractivity contribution is -0.115. The van der Waals surface area contributed by atoms with Crippen molar-refractivity contribution < 1.29 is 14.3 Å². The molecule has 25 heavy (non-hydrogen) atoms. The molecule has 7 heteroatoms. The number of thiocarbonyl (C=S) groups is 1. The fraction of sp³-hybridized carbons (Fsp3) is 0.0556. The number of nitrogens with two attached hydrogens (primary N) is 1. The van der Waals surface area contributed by atoms with Crippen LogP contribution in [0.25, 0.3) is 6.08 Å². The van der Waals surface area contributed by atoms with Gasteiger partial charge >= 0.3 is 0 Å². The highest BCUT2D eigenvalue weighted by atomic mass is 32.1. The van der Waals surface area contributed by atoms with Gasteiger partial charge in [0.15, 0.2) is 5.11 Å². The van der Waals surface area contributed by atoms with Crippen molar-refractivity contribution in [2.75, 3.05) is 12.4 Å². The molecule has 0 aromatic heterocycles. The number of amides is 2. The summed E-state index contributed by atoms with van der Waals surface area (Å²) >= 11 is 5.08. The molecule has 2 aromatic carbocycles. The maximum Gasteiger partial charge on any atom is 0.250 e. The van der Waals surface area contributed by atoms with Gasteiger partial charge in [0.25, 0.3) is 5.91 Å². The molecular weight excluding hydrogens is 338 g/mol. The number of rotatable bonds is 5. The zero-order valence-corrected chi connectivity index (χ0v) is 14.3. The normalized spacial score (nSPS) is 10.3. The SMILES string of the molecule is COc1ccc(C=CC(=O)NC(=S)Nc2ccccc2C(N)=O)cc1. The van der Waals surface area contributed by atoms with Gasteiger partial charge in [-0.15, -0.1) is 0 Å². The molecule has 0 unspecified atom stereocenters. The van der Waals surface area contributed by atoms with Crippen molar-refractivity contribution in [3.05, 3.63) is 65.7 Å². The predicted molar refractivity (Wildman–Crippen MR) is 101 cm³/mol. The molecule has 0 aliphatic rings. The molecule has 6 nitrogen and oxygen atoms in total. The monoisotopic (exact) mass is 355 g/mol. The van der Waals surface area contributed by atoms with Gasteiger partial charge in [0, 0.05) is 6.08 Å². The quantitative estimate of drug-likeness (QED) is 0.565. The number of primary amides is 1. The van der Waals surface area contributed by atoms with Crippen molar-refractivity contribution in [1.29, 1.82) is 0 Å². The second-order valence-corrected chi connectivity index (χ2v) is 5.37. The van der Waals surface area contributed by atoms with Gasteiger partial charge in [0.05, 0.1) is 18.4 Å². The highest BCUT2D eigenvalue weighted by Gasteiger charge is 2.09. The van der Waals surface area contributed by atoms with Gasteiger partial charge < -0.3 is 15.8 Å². The lowest BCUT2D eigenvalue weighted by Crippen LogP contribution is -2.33. The molecule has 0 saturated carbocycles. The zero-order chi connectivity index (χ0) is 18.2. The number of benzene rings is 2. The summed E-state index contributed by atoms with van der Waals surface area (Å²) in [6, 6.07) is 13.9. The number of anilines is 1. The average molecular weight is 355 g/mol. The first kappa shape index (κ1) is 18.2. The second kappa shape index (κ2) is 8.60. The Labute approximate surface area is 150 Å². The van der Waals surface area contributed by atoms with E-state index < -0.39 is 11.8 Å². The van der Waals surface area contributed by atoms with Crippen LogP contribution in [-0.2, 0) is 4.79 Å². The van der Waals surface area contributed by atoms with E-state index in [2.05, 4.69) is 10.6 Å². The summed E-state index contributed by atoms with van der Waals surface area (Å²) in [6.45, 7) is 0. The van der Waals surface area contributed by atoms with E-state index in [9.17, 15) is 9.59 Å². The third-order valence-electron chi connectivity index (χ3n) is 3.22. The maximum atomic E-state index is 11.9. The third-order valence-corrected chi connectivity index (χ3v) is 3.42. The van der Waals surface area contributed by atoms with Gasteiger partial charge in [-0.25, -0.2) is 0 Å². The van der Waals surface area contributed by atoms with Gasteiger partial charge in [-0.1, -0.05) is 24.3 Å². The van der Waals surface area contributed by atoms with Crippen molar-refractivity contribution in [2.24, 2.45) is 5.73 Å². The number of carbonyl (C=O) groups excluding carboxylic acids is 2. The first-order chi connectivity index (χ1) is 12.0. The van der Waals surface area contributed by atoms with Gasteiger partial charge in [-0.05, 0) is 48.1 Å². The second-order valence-electron chi connectivity index (χ2n) is 4.96. The minimum Gasteiger partial charge on any atom is -0.497 e. The molecule has 128 valence electrons. The Morgan fingerprint density at radius 2 is 1.80 bits per heavy atom. The largest absolute Gasteiger partial charge is 0.497 e. The molecular formula is C18H17N3O3S. The van der Waals surface area contributed by atoms with E-state index >= 15 is 0 Å². The van der Waals surface area contributed by atoms with Crippen molar-refractivity contribution in [3.63, 3.8) is 0 Å². The summed E-state index contributed by atoms with van der Waals surface area (Å²) in [5, 5.41) is 5.36. The van der Waals surface area contributed by atoms with E-state index in [4.69, 9.17) is 22.7 Å². The number of carbonyl (C=O) groups is 2. The van der Waals surface area contributed by atoms with Crippen LogP contribution in [-0.4, -0.2) is 24.0 Å². The fourth-order valence-corrected chi connectivity index (χ4v) is 2.21. The van der Waals surface area contributed by atoms with Crippen LogP contribution in [0.1, 0.15) is 15.9 Å². The van der Waals surface area contributed by atoms with Gasteiger partial charge in [0.2, 0.25) is 5.91 Å². The fourth-order valence-electron chi connectivity index (χ4n) is 2.00. The number of nitrogens with one attached hydrogen (secondary N) is 2. The molecule has 0 radical (unpaired) electrons. The number of hydrogen-bond acceptors (Lipinski definition) is 4. The van der Waals surface area contributed by atoms with Crippen molar-refractivity contribution in [2.45, 2.75) is 0 Å². The summed E-state index contributed by atoms with van der Waals surface area (Å²) in [5.41, 5.74) is 6.85. The molecule has 4 N–H and O–H groups in total. The molecule has 0 aliphatic carbocycles. The molecule has 0 spiro atoms. The summed E-state index contributed by atoms with van der Waals surface area (Å²) < 4.78 is 5.07. The summed E-state index contributed by atoms with van der Waals surface area (Å²) in [4.78, 5) is 23.3. The lowest BCUT2D eigenvalue weighted by Gasteiger charge is -2.10. The van der Waals surface area contributed by atoms with Crippen LogP contribution in [0.2, 0.25) is 0 Å². The first-order valence-electron chi connectivity index (χ1n) is 7.32. The molecule has 0 heterocycles. The zero-order valence-electron chi connectivity index (χ0n) is 13.5. The van der Waals surface area contributed by atoms with Gasteiger partial charge in [-0.2, -0.15) is 0 Å². The number of ether oxygens (including phenoxy) is 1. The molecule has 0 saturated heterocycles. The van der Waals surface area contributed by atoms with E-state index in [1.54, 1.807) is 49.6 Å². The average Bonchev–Trinajstić information content (AvgIpc) is 2.60. The van der Waals surface area contributed by atoms with Gasteiger partial charge in [-0.3, -0.25) is 14.9 Å². The third kappa shape index (κ3) is 5.43. The van der Waals surface area contributed by atoms with E-state index in [1.807, 2.05) is 12.1 Å². The first-order valence-corrected chi connectivity index (χ1v) is 7.73. The van der Waals surface area contributed by atoms with Crippen molar-refractivity contribution in [1.82, 2.24) is 5.32 Å². The molecule has 0 atom stereocenters. The molecule has 2 rings (SSSR count). The Morgan fingerprint density at radius 3 is 2.44 bits per heavy atom. The predicted octanol–water partition coefficient (Wildman–Crippen LogP) is 2.32. The van der Waals surface area contributed by atoms with Crippen LogP contribution in [0.15, 0.2) is 54.6 Å². The highest BCUT2D eigenvalue weighted by molar-refractivity contribution is 7.80. The Kier molecular flexibility index (Phi) is 6.25. The van der Waals surface area contributed by atoms with Crippen molar-refractivity contribution >= 4 is 40.9 Å². The molecule has 0 bridgehead atoms. The topological polar surface area (TPSA) is 93.4 Å². The van der Waals surface area contributed by atoms with Crippen LogP contribution in [0.4, 0.5) is 5.69 Å². The molecule has 2 amide bonds. The van der Waals surface area contributed by atoms with E-state index in [0.717, 1.165) is 11.3 Å². The summed E-state index contributed by atoms with van der Waals surface area (Å²) in [6.07, 6.45) is 3.00. The standard InChI is InChI=1S/C18H17N3O3S/c1-24-13-9-6-12(7-10-13)8-11-16(22)21-18(25)20-15-5-3-2-4-14(15)17(19)23/h2-11H,1H3,(H2,19,23)(H2,20,21,22,25). The van der Waals surface area contributed by atoms with E-state index in [0.29, 0.717) is 5.69 Å². The Morgan fingerprint density at radius 1 is 1.12 bits per heavy atom. The molecule has 0 fully saturated rings. The number of methoxy groups -OCH3 is 1. The molecule has 0 aliphatic heterocycles. The Balaban J connectivity index is 1.95. The minimum atomic E-state index is -0.586. The van der Waals surface area contributed by atoms with Crippen molar-refractivity contribution in [3.8, 4) is 5.75 Å². The summed E-state index contributed by atoms with van der Waals surface area (Å²) in [7, 11) is 1.59. The van der Waals surface area contributed by atoms with Crippen LogP contribution in [0, 0.1) is 0 Å². The lowest BCUT2D eigenvalue weighted by atomic mass is 10.1. The highest BCUT2D eigenvalue weighted by Crippen LogP contribution is 2.14. The number of para-hydroxylation sites is 1. The number of hydrogen-bond donors (Lipinski definition) is 3. The van der Waals surface area contributed by atoms with Crippen LogP contribution < -0.4 is 21.1 Å². The minimum absolute atomic E-state index is 0.0677. The summed E-state index contributed by atoms with van der Waals surface area (Å²) in [5.74, 6) is -0.249. The Hall–Kier alpha value is -3.19. The van der Waals surface area contributed by atoms with Crippen LogP contribution in [0.3, 0.4) is 0 Å². The van der Waals surface area contributed by atoms with E-state index in [-0.39, 0.29) is 10.7 Å². The van der Waals surface area contributed by atoms with E-state index in [1.165, 1.54) is 6.08 Å². The maximum absolute atomic E-state index is 11.9. The molecule has 2 aromatic rings. The smallest absolute Gasteiger partial charge is 0.250 e. The van der Waals surface area contributed by atoms with Gasteiger partial charge in [0.1, 0.15) is 5.75 Å². The van der Waals surface area contributed by atoms with Crippen LogP contribution >= 0.6 is 12.2 Å². The Bertz CT molecular complexity index is 817.